The summed E-state index contributed by atoms with van der Waals surface area (Å²) in [5, 5.41) is 11.1. The van der Waals surface area contributed by atoms with Crippen LogP contribution >= 0.6 is 15.9 Å². The van der Waals surface area contributed by atoms with Crippen LogP contribution in [0.15, 0.2) is 40.0 Å². The van der Waals surface area contributed by atoms with Crippen molar-refractivity contribution in [1.29, 1.82) is 0 Å². The minimum absolute atomic E-state index is 0.156. The van der Waals surface area contributed by atoms with Gasteiger partial charge in [0.2, 0.25) is 5.91 Å². The maximum Gasteiger partial charge on any atom is 0.284 e. The van der Waals surface area contributed by atoms with Gasteiger partial charge in [-0.1, -0.05) is 20.8 Å². The zero-order chi connectivity index (χ0) is 23.4. The third-order valence-corrected chi connectivity index (χ3v) is 9.59. The van der Waals surface area contributed by atoms with Crippen molar-refractivity contribution in [2.45, 2.75) is 71.0 Å². The molecule has 0 unspecified atom stereocenters. The van der Waals surface area contributed by atoms with E-state index in [2.05, 4.69) is 57.4 Å². The van der Waals surface area contributed by atoms with Crippen LogP contribution in [-0.2, 0) is 16.9 Å². The fraction of sp³-hybridized carbons (Fsp3) is 0.600. The van der Waals surface area contributed by atoms with E-state index in [-0.39, 0.29) is 11.5 Å². The number of halogens is 1. The van der Waals surface area contributed by atoms with Gasteiger partial charge in [-0.05, 0) is 88.9 Å². The molecule has 1 amide bonds. The summed E-state index contributed by atoms with van der Waals surface area (Å²) in [6, 6.07) is 4.07. The summed E-state index contributed by atoms with van der Waals surface area (Å²) in [5.41, 5.74) is 0.925. The first-order valence-corrected chi connectivity index (χ1v) is 12.8. The van der Waals surface area contributed by atoms with Crippen molar-refractivity contribution in [2.24, 2.45) is 23.2 Å². The van der Waals surface area contributed by atoms with Gasteiger partial charge in [0, 0.05) is 25.0 Å². The summed E-state index contributed by atoms with van der Waals surface area (Å²) in [6.07, 6.45) is 9.65. The first kappa shape index (κ1) is 22.6. The third-order valence-electron chi connectivity index (χ3n) is 8.83. The molecule has 0 spiro atoms. The minimum atomic E-state index is -0.922. The SMILES string of the molecule is C[C@H]1[C@H]2C[C@H](C[C@H]1Nc1cnn(C3(C(=O)NCc4ccncc4)CCC3)c(=O)c1Br)C2(C)C. The topological polar surface area (TPSA) is 88.9 Å². The number of aromatic nitrogens is 3. The summed E-state index contributed by atoms with van der Waals surface area (Å²) in [5.74, 6) is 1.82. The maximum absolute atomic E-state index is 13.3. The highest BCUT2D eigenvalue weighted by molar-refractivity contribution is 9.10. The summed E-state index contributed by atoms with van der Waals surface area (Å²) in [6.45, 7) is 7.49. The van der Waals surface area contributed by atoms with Gasteiger partial charge in [-0.25, -0.2) is 4.68 Å². The van der Waals surface area contributed by atoms with E-state index in [1.54, 1.807) is 18.6 Å². The lowest BCUT2D eigenvalue weighted by Crippen LogP contribution is -2.58. The first-order chi connectivity index (χ1) is 15.7. The normalized spacial score (nSPS) is 28.8. The van der Waals surface area contributed by atoms with E-state index in [0.717, 1.165) is 30.0 Å². The highest BCUT2D eigenvalue weighted by Crippen LogP contribution is 2.61. The van der Waals surface area contributed by atoms with Gasteiger partial charge in [0.15, 0.2) is 0 Å². The molecule has 0 aliphatic heterocycles. The number of carbonyl (C=O) groups is 1. The lowest BCUT2D eigenvalue weighted by atomic mass is 9.45. The summed E-state index contributed by atoms with van der Waals surface area (Å²) >= 11 is 3.52. The maximum atomic E-state index is 13.3. The van der Waals surface area contributed by atoms with Crippen LogP contribution in [-0.4, -0.2) is 26.7 Å². The molecule has 4 atom stereocenters. The molecule has 2 aromatic rings. The van der Waals surface area contributed by atoms with E-state index < -0.39 is 5.54 Å². The van der Waals surface area contributed by atoms with Crippen molar-refractivity contribution in [3.8, 4) is 0 Å². The molecular weight excluding hydrogens is 482 g/mol. The van der Waals surface area contributed by atoms with Gasteiger partial charge >= 0.3 is 0 Å². The van der Waals surface area contributed by atoms with Gasteiger partial charge in [0.05, 0.1) is 11.9 Å². The molecular formula is C25H32BrN5O2. The van der Waals surface area contributed by atoms with Gasteiger partial charge in [-0.2, -0.15) is 5.10 Å². The van der Waals surface area contributed by atoms with Crippen molar-refractivity contribution in [3.63, 3.8) is 0 Å². The molecule has 2 aromatic heterocycles. The predicted octanol–water partition coefficient (Wildman–Crippen LogP) is 4.08. The molecule has 0 radical (unpaired) electrons. The smallest absolute Gasteiger partial charge is 0.284 e. The Hall–Kier alpha value is -2.22. The van der Waals surface area contributed by atoms with Crippen molar-refractivity contribution in [2.75, 3.05) is 5.32 Å². The van der Waals surface area contributed by atoms with Crippen LogP contribution in [0.4, 0.5) is 5.69 Å². The van der Waals surface area contributed by atoms with Crippen molar-refractivity contribution in [1.82, 2.24) is 20.1 Å². The number of nitrogens with zero attached hydrogens (tertiary/aromatic N) is 3. The Kier molecular flexibility index (Phi) is 5.62. The second kappa shape index (κ2) is 8.22. The van der Waals surface area contributed by atoms with Gasteiger partial charge < -0.3 is 10.6 Å². The Morgan fingerprint density at radius 1 is 1.24 bits per heavy atom. The number of hydrogen-bond donors (Lipinski definition) is 2. The van der Waals surface area contributed by atoms with Crippen molar-refractivity contribution in [3.05, 3.63) is 51.1 Å². The van der Waals surface area contributed by atoms with Gasteiger partial charge in [0.1, 0.15) is 10.0 Å². The summed E-state index contributed by atoms with van der Waals surface area (Å²) < 4.78 is 1.84. The molecule has 2 bridgehead atoms. The van der Waals surface area contributed by atoms with Crippen LogP contribution in [0.5, 0.6) is 0 Å². The van der Waals surface area contributed by atoms with Crippen LogP contribution in [0.2, 0.25) is 0 Å². The third kappa shape index (κ3) is 3.61. The Balaban J connectivity index is 1.33. The molecule has 2 N–H and O–H groups in total. The first-order valence-electron chi connectivity index (χ1n) is 12.0. The van der Waals surface area contributed by atoms with Gasteiger partial charge in [0.25, 0.3) is 5.56 Å². The largest absolute Gasteiger partial charge is 0.380 e. The predicted molar refractivity (Wildman–Crippen MR) is 131 cm³/mol. The van der Waals surface area contributed by atoms with Gasteiger partial charge in [-0.15, -0.1) is 0 Å². The molecule has 33 heavy (non-hydrogen) atoms. The molecule has 7 nitrogen and oxygen atoms in total. The van der Waals surface area contributed by atoms with Crippen molar-refractivity contribution < 1.29 is 4.79 Å². The standard InChI is InChI=1S/C25H32BrN5O2/c1-15-18-11-17(24(18,2)3)12-19(15)30-20-14-29-31(22(32)21(20)26)25(7-4-8-25)23(33)28-13-16-5-9-27-10-6-16/h5-6,9-10,14-15,17-19,30H,4,7-8,11-13H2,1-3H3,(H,28,33)/t15-,17+,18+,19+/m0/s1. The molecule has 4 fully saturated rings. The average molecular weight is 514 g/mol. The van der Waals surface area contributed by atoms with E-state index in [1.807, 2.05) is 12.1 Å². The minimum Gasteiger partial charge on any atom is -0.380 e. The van der Waals surface area contributed by atoms with Crippen LogP contribution in [0.1, 0.15) is 58.4 Å². The number of rotatable bonds is 6. The number of fused-ring (bicyclic) bond motifs is 2. The lowest BCUT2D eigenvalue weighted by Gasteiger charge is -2.62. The second-order valence-corrected chi connectivity index (χ2v) is 11.5. The van der Waals surface area contributed by atoms with Crippen molar-refractivity contribution >= 4 is 27.5 Å². The van der Waals surface area contributed by atoms with E-state index in [0.29, 0.717) is 47.2 Å². The Morgan fingerprint density at radius 2 is 1.97 bits per heavy atom. The van der Waals surface area contributed by atoms with E-state index >= 15 is 0 Å². The van der Waals surface area contributed by atoms with Gasteiger partial charge in [-0.3, -0.25) is 14.6 Å². The number of hydrogen-bond acceptors (Lipinski definition) is 5. The molecule has 6 rings (SSSR count). The number of carbonyl (C=O) groups excluding carboxylic acids is 1. The number of anilines is 1. The highest BCUT2D eigenvalue weighted by atomic mass is 79.9. The molecule has 4 saturated carbocycles. The van der Waals surface area contributed by atoms with E-state index in [9.17, 15) is 9.59 Å². The fourth-order valence-corrected chi connectivity index (χ4v) is 6.66. The fourth-order valence-electron chi connectivity index (χ4n) is 6.27. The quantitative estimate of drug-likeness (QED) is 0.607. The monoisotopic (exact) mass is 513 g/mol. The zero-order valence-corrected chi connectivity index (χ0v) is 21.1. The second-order valence-electron chi connectivity index (χ2n) is 10.7. The Bertz CT molecular complexity index is 1110. The Labute approximate surface area is 202 Å². The summed E-state index contributed by atoms with van der Waals surface area (Å²) in [4.78, 5) is 30.5. The number of pyridine rings is 1. The molecule has 8 heteroatoms. The molecule has 176 valence electrons. The van der Waals surface area contributed by atoms with E-state index in [4.69, 9.17) is 0 Å². The van der Waals surface area contributed by atoms with Crippen LogP contribution < -0.4 is 16.2 Å². The number of nitrogens with one attached hydrogen (secondary N) is 2. The van der Waals surface area contributed by atoms with E-state index in [1.165, 1.54) is 11.1 Å². The molecule has 4 aliphatic rings. The molecule has 4 aliphatic carbocycles. The molecule has 0 saturated heterocycles. The van der Waals surface area contributed by atoms with Crippen LogP contribution in [0.3, 0.4) is 0 Å². The average Bonchev–Trinajstić information content (AvgIpc) is 2.77. The summed E-state index contributed by atoms with van der Waals surface area (Å²) in [7, 11) is 0. The van der Waals surface area contributed by atoms with Crippen LogP contribution in [0, 0.1) is 23.2 Å². The Morgan fingerprint density at radius 3 is 2.58 bits per heavy atom. The number of amides is 1. The molecule has 0 aromatic carbocycles. The highest BCUT2D eigenvalue weighted by Gasteiger charge is 2.56. The van der Waals surface area contributed by atoms with Crippen LogP contribution in [0.25, 0.3) is 0 Å². The molecule has 2 heterocycles. The lowest BCUT2D eigenvalue weighted by molar-refractivity contribution is -0.135. The zero-order valence-electron chi connectivity index (χ0n) is 19.5.